The predicted molar refractivity (Wildman–Crippen MR) is 83.7 cm³/mol. The summed E-state index contributed by atoms with van der Waals surface area (Å²) in [7, 11) is -3.17. The molecule has 1 aliphatic heterocycles. The van der Waals surface area contributed by atoms with Crippen LogP contribution in [0.5, 0.6) is 0 Å². The zero-order valence-corrected chi connectivity index (χ0v) is 15.0. The van der Waals surface area contributed by atoms with Gasteiger partial charge in [0.05, 0.1) is 15.9 Å². The molecule has 1 rings (SSSR count). The van der Waals surface area contributed by atoms with Gasteiger partial charge in [-0.2, -0.15) is 0 Å². The minimum atomic E-state index is -3.17. The van der Waals surface area contributed by atoms with E-state index in [0.29, 0.717) is 0 Å². The van der Waals surface area contributed by atoms with E-state index in [-0.39, 0.29) is 23.2 Å². The Bertz CT molecular complexity index is 452. The fourth-order valence-electron chi connectivity index (χ4n) is 3.45. The number of rotatable bonds is 5. The second-order valence-electron chi connectivity index (χ2n) is 7.69. The molecule has 0 saturated carbocycles. The molecule has 1 aliphatic rings. The van der Waals surface area contributed by atoms with Gasteiger partial charge in [0.15, 0.2) is 9.84 Å². The summed E-state index contributed by atoms with van der Waals surface area (Å²) in [6, 6.07) is -0.126. The first-order valence-electron chi connectivity index (χ1n) is 7.38. The van der Waals surface area contributed by atoms with E-state index in [1.807, 2.05) is 20.8 Å². The summed E-state index contributed by atoms with van der Waals surface area (Å²) in [5, 5.41) is 3.41. The fraction of sp³-hybridized carbons (Fsp3) is 1.00. The van der Waals surface area contributed by atoms with Crippen molar-refractivity contribution in [3.63, 3.8) is 0 Å². The molecule has 1 fully saturated rings. The van der Waals surface area contributed by atoms with Crippen molar-refractivity contribution in [1.29, 1.82) is 0 Å². The number of nitrogens with one attached hydrogen (secondary N) is 1. The van der Waals surface area contributed by atoms with Crippen molar-refractivity contribution in [3.8, 4) is 0 Å². The van der Waals surface area contributed by atoms with E-state index < -0.39 is 14.6 Å². The van der Waals surface area contributed by atoms with Crippen LogP contribution < -0.4 is 5.32 Å². The van der Waals surface area contributed by atoms with Crippen LogP contribution in [0.2, 0.25) is 0 Å². The lowest BCUT2D eigenvalue weighted by Crippen LogP contribution is -2.58. The Morgan fingerprint density at radius 1 is 1.30 bits per heavy atom. The Morgan fingerprint density at radius 2 is 1.80 bits per heavy atom. The van der Waals surface area contributed by atoms with Crippen molar-refractivity contribution in [1.82, 2.24) is 5.32 Å². The topological polar surface area (TPSA) is 55.4 Å². The molecule has 1 heterocycles. The molecular formula is C15H31NO3S. The molecule has 5 heteroatoms. The Balaban J connectivity index is 3.22. The van der Waals surface area contributed by atoms with Crippen molar-refractivity contribution in [2.75, 3.05) is 12.8 Å². The highest BCUT2D eigenvalue weighted by molar-refractivity contribution is 7.92. The smallest absolute Gasteiger partial charge is 0.154 e. The van der Waals surface area contributed by atoms with Gasteiger partial charge >= 0.3 is 0 Å². The molecule has 0 spiro atoms. The molecule has 0 aromatic rings. The number of hydrogen-bond donors (Lipinski definition) is 1. The van der Waals surface area contributed by atoms with Crippen LogP contribution in [0.15, 0.2) is 0 Å². The molecule has 0 bridgehead atoms. The third-order valence-electron chi connectivity index (χ3n) is 4.67. The van der Waals surface area contributed by atoms with E-state index in [1.165, 1.54) is 6.26 Å². The Morgan fingerprint density at radius 3 is 2.10 bits per heavy atom. The van der Waals surface area contributed by atoms with Gasteiger partial charge in [-0.1, -0.05) is 6.92 Å². The van der Waals surface area contributed by atoms with Gasteiger partial charge in [-0.3, -0.25) is 0 Å². The zero-order valence-electron chi connectivity index (χ0n) is 14.2. The molecular weight excluding hydrogens is 274 g/mol. The quantitative estimate of drug-likeness (QED) is 0.847. The van der Waals surface area contributed by atoms with Gasteiger partial charge in [0, 0.05) is 18.2 Å². The van der Waals surface area contributed by atoms with Gasteiger partial charge in [0.2, 0.25) is 0 Å². The highest BCUT2D eigenvalue weighted by Gasteiger charge is 2.54. The molecule has 120 valence electrons. The second-order valence-corrected chi connectivity index (χ2v) is 10.3. The molecule has 2 unspecified atom stereocenters. The van der Waals surface area contributed by atoms with Crippen LogP contribution in [0.4, 0.5) is 0 Å². The molecule has 0 aliphatic carbocycles. The van der Waals surface area contributed by atoms with Crippen molar-refractivity contribution in [2.24, 2.45) is 5.92 Å². The summed E-state index contributed by atoms with van der Waals surface area (Å²) < 4.78 is 29.8. The molecule has 0 aromatic carbocycles. The van der Waals surface area contributed by atoms with Crippen LogP contribution in [0, 0.1) is 5.92 Å². The van der Waals surface area contributed by atoms with Crippen LogP contribution in [0.1, 0.15) is 54.9 Å². The number of hydrogen-bond acceptors (Lipinski definition) is 4. The van der Waals surface area contributed by atoms with Crippen molar-refractivity contribution in [2.45, 2.75) is 76.9 Å². The Hall–Kier alpha value is -0.130. The molecule has 20 heavy (non-hydrogen) atoms. The minimum Gasteiger partial charge on any atom is -0.369 e. The van der Waals surface area contributed by atoms with Gasteiger partial charge in [0.1, 0.15) is 0 Å². The van der Waals surface area contributed by atoms with Gasteiger partial charge in [-0.15, -0.1) is 0 Å². The fourth-order valence-corrected chi connectivity index (χ4v) is 4.16. The summed E-state index contributed by atoms with van der Waals surface area (Å²) in [4.78, 5) is 0. The second kappa shape index (κ2) is 5.25. The van der Waals surface area contributed by atoms with Crippen LogP contribution in [-0.4, -0.2) is 43.2 Å². The summed E-state index contributed by atoms with van der Waals surface area (Å²) in [5.41, 5.74) is -0.548. The van der Waals surface area contributed by atoms with E-state index in [0.717, 1.165) is 13.0 Å². The average molecular weight is 305 g/mol. The van der Waals surface area contributed by atoms with Gasteiger partial charge in [-0.05, 0) is 54.5 Å². The first kappa shape index (κ1) is 17.9. The standard InChI is InChI=1S/C15H31NO3S/c1-9-16-12(15(6,7)20(8,17)18)11-10-13(2,3)19-14(11,4)5/h11-12,16H,9-10H2,1-8H3. The largest absolute Gasteiger partial charge is 0.369 e. The highest BCUT2D eigenvalue weighted by atomic mass is 32.2. The molecule has 1 saturated heterocycles. The maximum absolute atomic E-state index is 12.2. The normalized spacial score (nSPS) is 27.5. The van der Waals surface area contributed by atoms with E-state index in [1.54, 1.807) is 0 Å². The third-order valence-corrected chi connectivity index (χ3v) is 6.84. The monoisotopic (exact) mass is 305 g/mol. The van der Waals surface area contributed by atoms with Crippen LogP contribution in [-0.2, 0) is 14.6 Å². The van der Waals surface area contributed by atoms with E-state index in [9.17, 15) is 8.42 Å². The predicted octanol–water partition coefficient (Wildman–Crippen LogP) is 2.38. The summed E-state index contributed by atoms with van der Waals surface area (Å²) in [5.74, 6) is 0.155. The number of ether oxygens (including phenoxy) is 1. The molecule has 2 atom stereocenters. The lowest BCUT2D eigenvalue weighted by molar-refractivity contribution is -0.0786. The highest BCUT2D eigenvalue weighted by Crippen LogP contribution is 2.46. The SMILES string of the molecule is CCNC(C1CC(C)(C)OC1(C)C)C(C)(C)S(C)(=O)=O. The minimum absolute atomic E-state index is 0.126. The lowest BCUT2D eigenvalue weighted by atomic mass is 9.77. The molecule has 0 radical (unpaired) electrons. The Labute approximate surface area is 124 Å². The first-order chi connectivity index (χ1) is 8.74. The van der Waals surface area contributed by atoms with Gasteiger partial charge in [0.25, 0.3) is 0 Å². The maximum Gasteiger partial charge on any atom is 0.154 e. The van der Waals surface area contributed by atoms with Gasteiger partial charge < -0.3 is 10.1 Å². The maximum atomic E-state index is 12.2. The van der Waals surface area contributed by atoms with Crippen LogP contribution in [0.25, 0.3) is 0 Å². The van der Waals surface area contributed by atoms with Crippen molar-refractivity contribution < 1.29 is 13.2 Å². The van der Waals surface area contributed by atoms with E-state index in [4.69, 9.17) is 4.74 Å². The Kier molecular flexibility index (Phi) is 4.71. The number of sulfone groups is 1. The lowest BCUT2D eigenvalue weighted by Gasteiger charge is -2.41. The van der Waals surface area contributed by atoms with E-state index in [2.05, 4.69) is 33.0 Å². The van der Waals surface area contributed by atoms with Crippen molar-refractivity contribution >= 4 is 9.84 Å². The average Bonchev–Trinajstić information content (AvgIpc) is 2.41. The molecule has 0 aromatic heterocycles. The van der Waals surface area contributed by atoms with Crippen LogP contribution >= 0.6 is 0 Å². The third kappa shape index (κ3) is 3.37. The molecule has 4 nitrogen and oxygen atoms in total. The first-order valence-corrected chi connectivity index (χ1v) is 9.27. The molecule has 1 N–H and O–H groups in total. The van der Waals surface area contributed by atoms with E-state index >= 15 is 0 Å². The summed E-state index contributed by atoms with van der Waals surface area (Å²) in [6.07, 6.45) is 2.18. The molecule has 0 amide bonds. The van der Waals surface area contributed by atoms with Gasteiger partial charge in [-0.25, -0.2) is 8.42 Å². The zero-order chi connectivity index (χ0) is 16.0. The van der Waals surface area contributed by atoms with Crippen molar-refractivity contribution in [3.05, 3.63) is 0 Å². The summed E-state index contributed by atoms with van der Waals surface area (Å²) >= 11 is 0. The van der Waals surface area contributed by atoms with Crippen LogP contribution in [0.3, 0.4) is 0 Å². The summed E-state index contributed by atoms with van der Waals surface area (Å²) in [6.45, 7) is 14.7.